The monoisotopic (exact) mass is 287 g/mol. The van der Waals surface area contributed by atoms with Crippen LogP contribution in [0.25, 0.3) is 0 Å². The Hall–Kier alpha value is -2.10. The summed E-state index contributed by atoms with van der Waals surface area (Å²) in [6, 6.07) is 9.78. The SMILES string of the molecule is CC(C)(C)OC(=O)N1C(=O)C=CC1(C)Cc1ccccc1. The van der Waals surface area contributed by atoms with Crippen LogP contribution < -0.4 is 0 Å². The number of amides is 2. The largest absolute Gasteiger partial charge is 0.443 e. The first-order valence-corrected chi connectivity index (χ1v) is 7.02. The van der Waals surface area contributed by atoms with Gasteiger partial charge in [-0.25, -0.2) is 9.69 Å². The van der Waals surface area contributed by atoms with E-state index in [0.717, 1.165) is 5.56 Å². The quantitative estimate of drug-likeness (QED) is 0.838. The zero-order chi connectivity index (χ0) is 15.7. The highest BCUT2D eigenvalue weighted by molar-refractivity contribution is 6.02. The van der Waals surface area contributed by atoms with Crippen molar-refractivity contribution in [3.05, 3.63) is 48.0 Å². The molecule has 1 aromatic rings. The number of hydrogen-bond donors (Lipinski definition) is 0. The van der Waals surface area contributed by atoms with E-state index in [0.29, 0.717) is 6.42 Å². The molecule has 1 heterocycles. The summed E-state index contributed by atoms with van der Waals surface area (Å²) in [5.41, 5.74) is -0.262. The maximum absolute atomic E-state index is 12.3. The Labute approximate surface area is 125 Å². The molecule has 1 aliphatic rings. The van der Waals surface area contributed by atoms with Gasteiger partial charge in [-0.2, -0.15) is 0 Å². The summed E-state index contributed by atoms with van der Waals surface area (Å²) < 4.78 is 5.35. The maximum Gasteiger partial charge on any atom is 0.418 e. The van der Waals surface area contributed by atoms with Crippen LogP contribution in [0.5, 0.6) is 0 Å². The van der Waals surface area contributed by atoms with Crippen molar-refractivity contribution in [1.82, 2.24) is 4.90 Å². The first-order valence-electron chi connectivity index (χ1n) is 7.02. The Balaban J connectivity index is 2.23. The van der Waals surface area contributed by atoms with Gasteiger partial charge in [-0.05, 0) is 39.7 Å². The molecule has 0 radical (unpaired) electrons. The van der Waals surface area contributed by atoms with Gasteiger partial charge in [0.1, 0.15) is 5.60 Å². The molecule has 1 aromatic carbocycles. The van der Waals surface area contributed by atoms with Crippen LogP contribution >= 0.6 is 0 Å². The molecule has 0 bridgehead atoms. The minimum atomic E-state index is -0.694. The number of ether oxygens (including phenoxy) is 1. The molecule has 0 aliphatic carbocycles. The molecule has 0 saturated carbocycles. The Bertz CT molecular complexity index is 571. The second-order valence-corrected chi connectivity index (χ2v) is 6.51. The van der Waals surface area contributed by atoms with Crippen molar-refractivity contribution in [1.29, 1.82) is 0 Å². The number of carbonyl (C=O) groups is 2. The van der Waals surface area contributed by atoms with E-state index in [1.54, 1.807) is 26.8 Å². The third-order valence-corrected chi connectivity index (χ3v) is 3.30. The van der Waals surface area contributed by atoms with Crippen LogP contribution in [0.1, 0.15) is 33.3 Å². The van der Waals surface area contributed by atoms with E-state index in [1.807, 2.05) is 37.3 Å². The molecule has 1 unspecified atom stereocenters. The van der Waals surface area contributed by atoms with Gasteiger partial charge >= 0.3 is 6.09 Å². The standard InChI is InChI=1S/C17H21NO3/c1-16(2,3)21-15(20)18-14(19)10-11-17(18,4)12-13-8-6-5-7-9-13/h5-11H,12H2,1-4H3. The van der Waals surface area contributed by atoms with Gasteiger partial charge in [-0.15, -0.1) is 0 Å². The van der Waals surface area contributed by atoms with Crippen molar-refractivity contribution in [3.63, 3.8) is 0 Å². The van der Waals surface area contributed by atoms with E-state index in [2.05, 4.69) is 0 Å². The third-order valence-electron chi connectivity index (χ3n) is 3.30. The Kier molecular flexibility index (Phi) is 3.90. The lowest BCUT2D eigenvalue weighted by Crippen LogP contribution is -2.50. The van der Waals surface area contributed by atoms with E-state index in [1.165, 1.54) is 11.0 Å². The third kappa shape index (κ3) is 3.51. The molecular weight excluding hydrogens is 266 g/mol. The van der Waals surface area contributed by atoms with Crippen LogP contribution in [0.4, 0.5) is 4.79 Å². The molecule has 0 spiro atoms. The summed E-state index contributed by atoms with van der Waals surface area (Å²) in [5, 5.41) is 0. The molecule has 4 heteroatoms. The van der Waals surface area contributed by atoms with Crippen molar-refractivity contribution >= 4 is 12.0 Å². The van der Waals surface area contributed by atoms with Crippen LogP contribution in [0.2, 0.25) is 0 Å². The van der Waals surface area contributed by atoms with Crippen LogP contribution in [-0.4, -0.2) is 28.0 Å². The normalized spacial score (nSPS) is 21.7. The first-order chi connectivity index (χ1) is 9.71. The van der Waals surface area contributed by atoms with Gasteiger partial charge in [-0.1, -0.05) is 36.4 Å². The Morgan fingerprint density at radius 3 is 2.43 bits per heavy atom. The maximum atomic E-state index is 12.3. The predicted molar refractivity (Wildman–Crippen MR) is 80.8 cm³/mol. The Morgan fingerprint density at radius 1 is 1.24 bits per heavy atom. The van der Waals surface area contributed by atoms with Crippen LogP contribution in [0.3, 0.4) is 0 Å². The van der Waals surface area contributed by atoms with Gasteiger partial charge in [0, 0.05) is 6.08 Å². The van der Waals surface area contributed by atoms with E-state index < -0.39 is 17.2 Å². The number of imide groups is 1. The highest BCUT2D eigenvalue weighted by Gasteiger charge is 2.43. The molecule has 1 aliphatic heterocycles. The van der Waals surface area contributed by atoms with Crippen LogP contribution in [0.15, 0.2) is 42.5 Å². The molecule has 0 N–H and O–H groups in total. The molecule has 2 rings (SSSR count). The molecule has 0 saturated heterocycles. The lowest BCUT2D eigenvalue weighted by atomic mass is 9.93. The summed E-state index contributed by atoms with van der Waals surface area (Å²) >= 11 is 0. The Morgan fingerprint density at radius 2 is 1.86 bits per heavy atom. The van der Waals surface area contributed by atoms with Crippen molar-refractivity contribution in [3.8, 4) is 0 Å². The van der Waals surface area contributed by atoms with Gasteiger partial charge in [0.2, 0.25) is 0 Å². The second-order valence-electron chi connectivity index (χ2n) is 6.51. The van der Waals surface area contributed by atoms with E-state index in [-0.39, 0.29) is 5.91 Å². The summed E-state index contributed by atoms with van der Waals surface area (Å²) in [6.45, 7) is 7.22. The van der Waals surface area contributed by atoms with E-state index in [9.17, 15) is 9.59 Å². The lowest BCUT2D eigenvalue weighted by Gasteiger charge is -2.34. The molecule has 0 aromatic heterocycles. The van der Waals surface area contributed by atoms with Crippen LogP contribution in [-0.2, 0) is 16.0 Å². The van der Waals surface area contributed by atoms with Gasteiger partial charge in [0.05, 0.1) is 5.54 Å². The van der Waals surface area contributed by atoms with Crippen molar-refractivity contribution < 1.29 is 14.3 Å². The van der Waals surface area contributed by atoms with Gasteiger partial charge in [0.25, 0.3) is 5.91 Å². The molecular formula is C17H21NO3. The van der Waals surface area contributed by atoms with Gasteiger partial charge in [0.15, 0.2) is 0 Å². The van der Waals surface area contributed by atoms with E-state index in [4.69, 9.17) is 4.74 Å². The smallest absolute Gasteiger partial charge is 0.418 e. The molecule has 2 amide bonds. The minimum Gasteiger partial charge on any atom is -0.443 e. The minimum absolute atomic E-state index is 0.331. The fraction of sp³-hybridized carbons (Fsp3) is 0.412. The molecule has 0 fully saturated rings. The fourth-order valence-corrected chi connectivity index (χ4v) is 2.40. The number of carbonyl (C=O) groups excluding carboxylic acids is 2. The van der Waals surface area contributed by atoms with Crippen molar-refractivity contribution in [2.75, 3.05) is 0 Å². The van der Waals surface area contributed by atoms with Crippen molar-refractivity contribution in [2.24, 2.45) is 0 Å². The molecule has 112 valence electrons. The van der Waals surface area contributed by atoms with Crippen LogP contribution in [0, 0.1) is 0 Å². The van der Waals surface area contributed by atoms with E-state index >= 15 is 0 Å². The highest BCUT2D eigenvalue weighted by atomic mass is 16.6. The number of nitrogens with zero attached hydrogens (tertiary/aromatic N) is 1. The number of rotatable bonds is 2. The molecule has 21 heavy (non-hydrogen) atoms. The topological polar surface area (TPSA) is 46.6 Å². The van der Waals surface area contributed by atoms with Gasteiger partial charge in [-0.3, -0.25) is 4.79 Å². The zero-order valence-electron chi connectivity index (χ0n) is 12.9. The number of hydrogen-bond acceptors (Lipinski definition) is 3. The molecule has 4 nitrogen and oxygen atoms in total. The fourth-order valence-electron chi connectivity index (χ4n) is 2.40. The summed E-state index contributed by atoms with van der Waals surface area (Å²) in [6.07, 6.45) is 3.17. The highest BCUT2D eigenvalue weighted by Crippen LogP contribution is 2.29. The average Bonchev–Trinajstić information content (AvgIpc) is 2.64. The summed E-state index contributed by atoms with van der Waals surface area (Å²) in [4.78, 5) is 25.6. The molecule has 1 atom stereocenters. The van der Waals surface area contributed by atoms with Gasteiger partial charge < -0.3 is 4.74 Å². The van der Waals surface area contributed by atoms with Crippen molar-refractivity contribution in [2.45, 2.75) is 45.3 Å². The lowest BCUT2D eigenvalue weighted by molar-refractivity contribution is -0.127. The predicted octanol–water partition coefficient (Wildman–Crippen LogP) is 3.32. The summed E-state index contributed by atoms with van der Waals surface area (Å²) in [5.74, 6) is -0.331. The second kappa shape index (κ2) is 5.35. The first kappa shape index (κ1) is 15.3. The average molecular weight is 287 g/mol. The summed E-state index contributed by atoms with van der Waals surface area (Å²) in [7, 11) is 0. The number of benzene rings is 1. The zero-order valence-corrected chi connectivity index (χ0v) is 12.9.